The number of amides is 1. The number of hydrogen-bond acceptors (Lipinski definition) is 5. The van der Waals surface area contributed by atoms with Crippen molar-refractivity contribution < 1.29 is 4.79 Å². The van der Waals surface area contributed by atoms with Crippen LogP contribution in [0.3, 0.4) is 0 Å². The van der Waals surface area contributed by atoms with Crippen molar-refractivity contribution in [2.75, 3.05) is 19.8 Å². The average molecular weight is 480 g/mol. The maximum absolute atomic E-state index is 13.4. The second-order valence-electron chi connectivity index (χ2n) is 8.74. The molecule has 1 amide bonds. The van der Waals surface area contributed by atoms with Crippen LogP contribution in [-0.2, 0) is 24.4 Å². The van der Waals surface area contributed by atoms with Gasteiger partial charge in [0.15, 0.2) is 11.0 Å². The Morgan fingerprint density at radius 2 is 1.53 bits per heavy atom. The lowest BCUT2D eigenvalue weighted by Crippen LogP contribution is -2.31. The molecule has 0 saturated carbocycles. The topological polar surface area (TPSA) is 54.3 Å². The van der Waals surface area contributed by atoms with E-state index in [2.05, 4.69) is 71.9 Å². The fourth-order valence-corrected chi connectivity index (χ4v) is 4.89. The van der Waals surface area contributed by atoms with Crippen LogP contribution in [0.4, 0.5) is 0 Å². The molecule has 1 atom stereocenters. The van der Waals surface area contributed by atoms with Gasteiger partial charge in [0, 0.05) is 19.6 Å². The van der Waals surface area contributed by atoms with Gasteiger partial charge in [-0.3, -0.25) is 9.69 Å². The van der Waals surface area contributed by atoms with Crippen LogP contribution >= 0.6 is 11.8 Å². The highest BCUT2D eigenvalue weighted by Crippen LogP contribution is 2.26. The van der Waals surface area contributed by atoms with E-state index in [1.165, 1.54) is 11.8 Å². The lowest BCUT2D eigenvalue weighted by molar-refractivity contribution is -0.129. The Labute approximate surface area is 208 Å². The van der Waals surface area contributed by atoms with Crippen LogP contribution in [0.15, 0.2) is 65.8 Å². The van der Waals surface area contributed by atoms with Gasteiger partial charge in [-0.25, -0.2) is 0 Å². The summed E-state index contributed by atoms with van der Waals surface area (Å²) < 4.78 is 2.22. The summed E-state index contributed by atoms with van der Waals surface area (Å²) in [5.41, 5.74) is 2.25. The predicted octanol–water partition coefficient (Wildman–Crippen LogP) is 5.41. The second kappa shape index (κ2) is 13.3. The van der Waals surface area contributed by atoms with E-state index in [0.29, 0.717) is 18.8 Å². The van der Waals surface area contributed by atoms with Crippen molar-refractivity contribution in [3.63, 3.8) is 0 Å². The third-order valence-electron chi connectivity index (χ3n) is 5.90. The molecule has 7 heteroatoms. The summed E-state index contributed by atoms with van der Waals surface area (Å²) in [6, 6.07) is 20.5. The second-order valence-corrected chi connectivity index (χ2v) is 9.69. The lowest BCUT2D eigenvalue weighted by Gasteiger charge is -2.24. The number of rotatable bonds is 13. The molecule has 34 heavy (non-hydrogen) atoms. The molecule has 2 aromatic carbocycles. The van der Waals surface area contributed by atoms with Crippen LogP contribution in [0.1, 0.15) is 56.1 Å². The highest BCUT2D eigenvalue weighted by atomic mass is 32.2. The number of nitrogens with zero attached hydrogens (tertiary/aromatic N) is 5. The Morgan fingerprint density at radius 1 is 0.941 bits per heavy atom. The van der Waals surface area contributed by atoms with Crippen molar-refractivity contribution >= 4 is 17.7 Å². The van der Waals surface area contributed by atoms with Crippen molar-refractivity contribution in [2.24, 2.45) is 0 Å². The minimum absolute atomic E-state index is 0.101. The molecule has 0 aliphatic rings. The number of carbonyl (C=O) groups excluding carboxylic acids is 1. The number of thioether (sulfide) groups is 1. The quantitative estimate of drug-likeness (QED) is 0.307. The summed E-state index contributed by atoms with van der Waals surface area (Å²) in [5.74, 6) is 1.42. The minimum atomic E-state index is 0.101. The molecule has 0 N–H and O–H groups in total. The molecule has 0 spiro atoms. The first-order valence-corrected chi connectivity index (χ1v) is 13.1. The third kappa shape index (κ3) is 7.18. The zero-order valence-electron chi connectivity index (χ0n) is 20.9. The molecule has 0 saturated heterocycles. The molecule has 1 heterocycles. The summed E-state index contributed by atoms with van der Waals surface area (Å²) in [6.07, 6.45) is 3.12. The van der Waals surface area contributed by atoms with Crippen LogP contribution in [0.25, 0.3) is 0 Å². The molecule has 6 nitrogen and oxygen atoms in total. The van der Waals surface area contributed by atoms with Crippen LogP contribution in [0.5, 0.6) is 0 Å². The first-order chi connectivity index (χ1) is 16.5. The number of aromatic nitrogens is 3. The molecule has 3 aromatic rings. The van der Waals surface area contributed by atoms with Gasteiger partial charge in [-0.1, -0.05) is 92.7 Å². The highest BCUT2D eigenvalue weighted by Gasteiger charge is 2.23. The van der Waals surface area contributed by atoms with E-state index in [0.717, 1.165) is 47.9 Å². The molecule has 0 aliphatic carbocycles. The molecule has 3 rings (SSSR count). The Bertz CT molecular complexity index is 965. The van der Waals surface area contributed by atoms with Crippen LogP contribution < -0.4 is 0 Å². The Kier molecular flexibility index (Phi) is 10.2. The van der Waals surface area contributed by atoms with E-state index in [4.69, 9.17) is 0 Å². The minimum Gasteiger partial charge on any atom is -0.333 e. The van der Waals surface area contributed by atoms with Gasteiger partial charge in [-0.05, 0) is 38.1 Å². The Hall–Kier alpha value is -2.64. The predicted molar refractivity (Wildman–Crippen MR) is 140 cm³/mol. The normalized spacial score (nSPS) is 12.1. The van der Waals surface area contributed by atoms with E-state index >= 15 is 0 Å². The number of carbonyl (C=O) groups is 1. The molecule has 1 unspecified atom stereocenters. The van der Waals surface area contributed by atoms with Gasteiger partial charge in [-0.15, -0.1) is 10.2 Å². The summed E-state index contributed by atoms with van der Waals surface area (Å²) in [5, 5.41) is 9.87. The highest BCUT2D eigenvalue weighted by molar-refractivity contribution is 7.99. The monoisotopic (exact) mass is 479 g/mol. The van der Waals surface area contributed by atoms with E-state index in [-0.39, 0.29) is 11.9 Å². The molecule has 0 bridgehead atoms. The van der Waals surface area contributed by atoms with Crippen molar-refractivity contribution in [3.8, 4) is 0 Å². The summed E-state index contributed by atoms with van der Waals surface area (Å²) in [6.45, 7) is 6.40. The molecular weight excluding hydrogens is 442 g/mol. The first kappa shape index (κ1) is 26.0. The third-order valence-corrected chi connectivity index (χ3v) is 6.85. The average Bonchev–Trinajstić information content (AvgIpc) is 3.24. The van der Waals surface area contributed by atoms with Crippen molar-refractivity contribution in [1.29, 1.82) is 0 Å². The summed E-state index contributed by atoms with van der Waals surface area (Å²) >= 11 is 1.50. The van der Waals surface area contributed by atoms with E-state index in [1.807, 2.05) is 41.3 Å². The zero-order valence-corrected chi connectivity index (χ0v) is 21.7. The standard InChI is InChI=1S/C27H37N5OS/c1-5-7-18-32-26(24(6-2)30(3)4)28-29-27(32)34-21-25(33)31(19-22-14-10-8-11-15-22)20-23-16-12-9-13-17-23/h8-17,24H,5-7,18-21H2,1-4H3. The fourth-order valence-electron chi connectivity index (χ4n) is 4.02. The van der Waals surface area contributed by atoms with Gasteiger partial charge in [0.05, 0.1) is 11.8 Å². The Balaban J connectivity index is 1.76. The molecule has 1 aromatic heterocycles. The van der Waals surface area contributed by atoms with Gasteiger partial charge in [0.25, 0.3) is 0 Å². The molecule has 182 valence electrons. The fraction of sp³-hybridized carbons (Fsp3) is 0.444. The molecule has 0 fully saturated rings. The van der Waals surface area contributed by atoms with Gasteiger partial charge in [-0.2, -0.15) is 0 Å². The number of hydrogen-bond donors (Lipinski definition) is 0. The molecular formula is C27H37N5OS. The van der Waals surface area contributed by atoms with Crippen molar-refractivity contribution in [3.05, 3.63) is 77.6 Å². The zero-order chi connectivity index (χ0) is 24.3. The molecule has 0 aliphatic heterocycles. The Morgan fingerprint density at radius 3 is 2.03 bits per heavy atom. The van der Waals surface area contributed by atoms with Crippen LogP contribution in [-0.4, -0.2) is 50.3 Å². The molecule has 0 radical (unpaired) electrons. The maximum atomic E-state index is 13.4. The van der Waals surface area contributed by atoms with Gasteiger partial charge in [0.1, 0.15) is 0 Å². The smallest absolute Gasteiger partial charge is 0.233 e. The lowest BCUT2D eigenvalue weighted by atomic mass is 10.1. The first-order valence-electron chi connectivity index (χ1n) is 12.1. The van der Waals surface area contributed by atoms with Crippen LogP contribution in [0, 0.1) is 0 Å². The van der Waals surface area contributed by atoms with Gasteiger partial charge >= 0.3 is 0 Å². The van der Waals surface area contributed by atoms with Crippen molar-refractivity contribution in [1.82, 2.24) is 24.6 Å². The SMILES string of the molecule is CCCCn1c(SCC(=O)N(Cc2ccccc2)Cc2ccccc2)nnc1C(CC)N(C)C. The van der Waals surface area contributed by atoms with Crippen LogP contribution in [0.2, 0.25) is 0 Å². The number of unbranched alkanes of at least 4 members (excludes halogenated alkanes) is 1. The summed E-state index contributed by atoms with van der Waals surface area (Å²) in [7, 11) is 4.16. The largest absolute Gasteiger partial charge is 0.333 e. The van der Waals surface area contributed by atoms with Gasteiger partial charge < -0.3 is 9.47 Å². The van der Waals surface area contributed by atoms with E-state index in [1.54, 1.807) is 0 Å². The van der Waals surface area contributed by atoms with Gasteiger partial charge in [0.2, 0.25) is 5.91 Å². The van der Waals surface area contributed by atoms with E-state index in [9.17, 15) is 4.79 Å². The maximum Gasteiger partial charge on any atom is 0.233 e. The van der Waals surface area contributed by atoms with Crippen molar-refractivity contribution in [2.45, 2.75) is 63.9 Å². The van der Waals surface area contributed by atoms with E-state index < -0.39 is 0 Å². The summed E-state index contributed by atoms with van der Waals surface area (Å²) in [4.78, 5) is 17.5. The number of benzene rings is 2.